The molecule has 0 unspecified atom stereocenters. The number of aryl methyl sites for hydroxylation is 1. The molecule has 2 aliphatic heterocycles. The minimum absolute atomic E-state index is 0.0603. The Morgan fingerprint density at radius 1 is 1.33 bits per heavy atom. The Bertz CT molecular complexity index is 1180. The minimum atomic E-state index is -4.49. The SMILES string of the molecule is C[C@@H](CC(=O)c1ccc2c(n1)N(C(=O)Nc1cc(Br)cn(C)c1=O)[C@H]1CCN2C1)C(F)(F)F. The van der Waals surface area contributed by atoms with Crippen molar-refractivity contribution in [3.63, 3.8) is 0 Å². The number of carbonyl (C=O) groups excluding carboxylic acids is 2. The van der Waals surface area contributed by atoms with Crippen LogP contribution in [0.25, 0.3) is 0 Å². The number of pyridine rings is 2. The van der Waals surface area contributed by atoms with Crippen LogP contribution in [-0.2, 0) is 7.05 Å². The van der Waals surface area contributed by atoms with E-state index in [-0.39, 0.29) is 23.2 Å². The number of hydrogen-bond acceptors (Lipinski definition) is 5. The van der Waals surface area contributed by atoms with E-state index in [9.17, 15) is 27.6 Å². The first-order valence-electron chi connectivity index (χ1n) is 10.3. The van der Waals surface area contributed by atoms with Crippen LogP contribution in [0.1, 0.15) is 30.3 Å². The number of aromatic nitrogens is 2. The highest BCUT2D eigenvalue weighted by atomic mass is 79.9. The summed E-state index contributed by atoms with van der Waals surface area (Å²) >= 11 is 3.29. The quantitative estimate of drug-likeness (QED) is 0.608. The average Bonchev–Trinajstić information content (AvgIpc) is 3.14. The van der Waals surface area contributed by atoms with Gasteiger partial charge in [0.1, 0.15) is 11.4 Å². The summed E-state index contributed by atoms with van der Waals surface area (Å²) in [6.07, 6.45) is -3.02. The molecule has 176 valence electrons. The first kappa shape index (κ1) is 23.3. The van der Waals surface area contributed by atoms with Crippen molar-refractivity contribution < 1.29 is 22.8 Å². The normalized spacial score (nSPS) is 18.2. The molecule has 2 atom stereocenters. The van der Waals surface area contributed by atoms with E-state index < -0.39 is 35.9 Å². The summed E-state index contributed by atoms with van der Waals surface area (Å²) in [6, 6.07) is 3.63. The topological polar surface area (TPSA) is 87.5 Å². The van der Waals surface area contributed by atoms with E-state index in [0.29, 0.717) is 29.7 Å². The van der Waals surface area contributed by atoms with Crippen molar-refractivity contribution in [1.29, 1.82) is 0 Å². The van der Waals surface area contributed by atoms with Gasteiger partial charge in [-0.1, -0.05) is 6.92 Å². The van der Waals surface area contributed by atoms with Crippen molar-refractivity contribution in [2.24, 2.45) is 13.0 Å². The van der Waals surface area contributed by atoms with E-state index in [1.807, 2.05) is 4.90 Å². The first-order chi connectivity index (χ1) is 15.5. The second kappa shape index (κ2) is 8.47. The number of ketones is 1. The zero-order valence-electron chi connectivity index (χ0n) is 17.8. The van der Waals surface area contributed by atoms with Crippen LogP contribution in [0.5, 0.6) is 0 Å². The van der Waals surface area contributed by atoms with E-state index in [4.69, 9.17) is 0 Å². The average molecular weight is 528 g/mol. The Morgan fingerprint density at radius 2 is 2.06 bits per heavy atom. The van der Waals surface area contributed by atoms with Crippen LogP contribution >= 0.6 is 15.9 Å². The highest BCUT2D eigenvalue weighted by Gasteiger charge is 2.41. The van der Waals surface area contributed by atoms with Gasteiger partial charge in [-0.15, -0.1) is 0 Å². The number of Topliss-reactive ketones (excluding diaryl/α,β-unsaturated/α-hetero) is 1. The summed E-state index contributed by atoms with van der Waals surface area (Å²) in [6.45, 7) is 2.16. The van der Waals surface area contributed by atoms with Crippen molar-refractivity contribution in [1.82, 2.24) is 9.55 Å². The number of nitrogens with one attached hydrogen (secondary N) is 1. The molecule has 1 fully saturated rings. The summed E-state index contributed by atoms with van der Waals surface area (Å²) in [5.74, 6) is -2.37. The number of alkyl halides is 3. The van der Waals surface area contributed by atoms with Crippen molar-refractivity contribution in [3.05, 3.63) is 44.9 Å². The maximum atomic E-state index is 13.2. The molecule has 2 aromatic rings. The number of halogens is 4. The molecule has 0 spiro atoms. The lowest BCUT2D eigenvalue weighted by Crippen LogP contribution is -2.49. The van der Waals surface area contributed by atoms with Crippen LogP contribution in [-0.4, -0.2) is 46.7 Å². The predicted molar refractivity (Wildman–Crippen MR) is 120 cm³/mol. The minimum Gasteiger partial charge on any atom is -0.366 e. The van der Waals surface area contributed by atoms with Crippen LogP contribution in [0.4, 0.5) is 35.2 Å². The van der Waals surface area contributed by atoms with Gasteiger partial charge in [-0.05, 0) is 40.5 Å². The lowest BCUT2D eigenvalue weighted by molar-refractivity contribution is -0.168. The molecule has 2 amide bonds. The highest BCUT2D eigenvalue weighted by molar-refractivity contribution is 9.10. The Hall–Kier alpha value is -2.89. The molecule has 12 heteroatoms. The van der Waals surface area contributed by atoms with E-state index >= 15 is 0 Å². The van der Waals surface area contributed by atoms with E-state index in [0.717, 1.165) is 6.92 Å². The largest absolute Gasteiger partial charge is 0.391 e. The van der Waals surface area contributed by atoms with Crippen molar-refractivity contribution in [2.75, 3.05) is 28.2 Å². The lowest BCUT2D eigenvalue weighted by atomic mass is 10.0. The molecule has 4 rings (SSSR count). The molecule has 4 heterocycles. The number of rotatable bonds is 4. The molecule has 2 aliphatic rings. The van der Waals surface area contributed by atoms with E-state index in [2.05, 4.69) is 26.2 Å². The Balaban J connectivity index is 1.66. The second-order valence-corrected chi connectivity index (χ2v) is 9.20. The van der Waals surface area contributed by atoms with Gasteiger partial charge in [0.05, 0.1) is 17.6 Å². The molecule has 0 aromatic carbocycles. The molecule has 0 aliphatic carbocycles. The van der Waals surface area contributed by atoms with Crippen LogP contribution in [0.3, 0.4) is 0 Å². The molecule has 8 nitrogen and oxygen atoms in total. The molecule has 2 aromatic heterocycles. The monoisotopic (exact) mass is 527 g/mol. The van der Waals surface area contributed by atoms with Crippen LogP contribution in [0, 0.1) is 5.92 Å². The van der Waals surface area contributed by atoms with E-state index in [1.54, 1.807) is 19.3 Å². The maximum absolute atomic E-state index is 13.2. The molecule has 2 bridgehead atoms. The van der Waals surface area contributed by atoms with Crippen LogP contribution in [0.2, 0.25) is 0 Å². The molecule has 0 saturated carbocycles. The lowest BCUT2D eigenvalue weighted by Gasteiger charge is -2.35. The number of urea groups is 1. The zero-order chi connectivity index (χ0) is 24.1. The van der Waals surface area contributed by atoms with Gasteiger partial charge in [-0.3, -0.25) is 14.5 Å². The van der Waals surface area contributed by atoms with Gasteiger partial charge in [0.25, 0.3) is 5.56 Å². The standard InChI is InChI=1S/C21H21BrF3N5O3/c1-11(21(23,24)25)7-17(31)14-3-4-16-18(26-14)30(13-5-6-29(16)10-13)20(33)27-15-8-12(22)9-28(2)19(15)32/h3-4,8-9,11,13H,5-7,10H2,1-2H3,(H,27,33)/t11-,13-/m0/s1. The third-order valence-corrected chi connectivity index (χ3v) is 6.33. The Morgan fingerprint density at radius 3 is 2.76 bits per heavy atom. The number of anilines is 3. The summed E-state index contributed by atoms with van der Waals surface area (Å²) in [7, 11) is 1.55. The van der Waals surface area contributed by atoms with Crippen molar-refractivity contribution in [3.8, 4) is 0 Å². The smallest absolute Gasteiger partial charge is 0.366 e. The van der Waals surface area contributed by atoms with Gasteiger partial charge in [0, 0.05) is 37.2 Å². The summed E-state index contributed by atoms with van der Waals surface area (Å²) < 4.78 is 40.6. The summed E-state index contributed by atoms with van der Waals surface area (Å²) in [5.41, 5.74) is 0.130. The van der Waals surface area contributed by atoms with Gasteiger partial charge in [0.15, 0.2) is 11.6 Å². The number of carbonyl (C=O) groups is 2. The van der Waals surface area contributed by atoms with Crippen molar-refractivity contribution >= 4 is 44.9 Å². The predicted octanol–water partition coefficient (Wildman–Crippen LogP) is 3.94. The van der Waals surface area contributed by atoms with Crippen molar-refractivity contribution in [2.45, 2.75) is 32.0 Å². The molecular formula is C21H21BrF3N5O3. The zero-order valence-corrected chi connectivity index (χ0v) is 19.4. The third kappa shape index (κ3) is 4.48. The second-order valence-electron chi connectivity index (χ2n) is 8.29. The van der Waals surface area contributed by atoms with Gasteiger partial charge >= 0.3 is 12.2 Å². The summed E-state index contributed by atoms with van der Waals surface area (Å²) in [5, 5.41) is 2.62. The fraction of sp³-hybridized carbons (Fsp3) is 0.429. The first-order valence-corrected chi connectivity index (χ1v) is 11.1. The van der Waals surface area contributed by atoms with E-state index in [1.165, 1.54) is 21.6 Å². The molecule has 1 saturated heterocycles. The van der Waals surface area contributed by atoms with Gasteiger partial charge in [-0.2, -0.15) is 13.2 Å². The number of hydrogen-bond donors (Lipinski definition) is 1. The maximum Gasteiger partial charge on any atom is 0.391 e. The van der Waals surface area contributed by atoms with Gasteiger partial charge in [-0.25, -0.2) is 9.78 Å². The summed E-state index contributed by atoms with van der Waals surface area (Å²) in [4.78, 5) is 45.9. The number of nitrogens with zero attached hydrogens (tertiary/aromatic N) is 4. The number of amides is 2. The highest BCUT2D eigenvalue weighted by Crippen LogP contribution is 2.39. The van der Waals surface area contributed by atoms with Crippen LogP contribution < -0.4 is 20.7 Å². The number of fused-ring (bicyclic) bond motifs is 4. The molecular weight excluding hydrogens is 507 g/mol. The molecule has 0 radical (unpaired) electrons. The third-order valence-electron chi connectivity index (χ3n) is 5.90. The van der Waals surface area contributed by atoms with Crippen LogP contribution in [0.15, 0.2) is 33.7 Å². The molecule has 1 N–H and O–H groups in total. The van der Waals surface area contributed by atoms with Gasteiger partial charge in [0.2, 0.25) is 0 Å². The fourth-order valence-corrected chi connectivity index (χ4v) is 4.60. The Kier molecular flexibility index (Phi) is 5.97. The fourth-order valence-electron chi connectivity index (χ4n) is 4.06. The molecule has 33 heavy (non-hydrogen) atoms. The van der Waals surface area contributed by atoms with Gasteiger partial charge < -0.3 is 14.8 Å². The Labute approximate surface area is 195 Å².